The molecule has 2 aliphatic heterocycles. The Hall–Kier alpha value is -1.20. The largest absolute Gasteiger partial charge is 0.352 e. The van der Waals surface area contributed by atoms with E-state index in [-0.39, 0.29) is 18.5 Å². The highest BCUT2D eigenvalue weighted by Crippen LogP contribution is 2.36. The molecule has 4 atom stereocenters. The van der Waals surface area contributed by atoms with E-state index in [1.807, 2.05) is 30.3 Å². The Morgan fingerprint density at radius 2 is 2.00 bits per heavy atom. The van der Waals surface area contributed by atoms with E-state index in [1.165, 1.54) is 0 Å². The van der Waals surface area contributed by atoms with Crippen molar-refractivity contribution in [2.24, 2.45) is 0 Å². The predicted octanol–water partition coefficient (Wildman–Crippen LogP) is 2.03. The van der Waals surface area contributed by atoms with Gasteiger partial charge < -0.3 is 18.9 Å². The van der Waals surface area contributed by atoms with E-state index in [9.17, 15) is 0 Å². The normalized spacial score (nSPS) is 35.5. The van der Waals surface area contributed by atoms with Crippen molar-refractivity contribution in [1.29, 1.82) is 0 Å². The van der Waals surface area contributed by atoms with E-state index in [2.05, 4.69) is 6.58 Å². The average molecular weight is 248 g/mol. The topological polar surface area (TPSA) is 36.9 Å². The first-order valence-electron chi connectivity index (χ1n) is 5.98. The van der Waals surface area contributed by atoms with Crippen molar-refractivity contribution >= 4 is 0 Å². The molecule has 0 N–H and O–H groups in total. The van der Waals surface area contributed by atoms with Crippen LogP contribution in [-0.4, -0.2) is 32.2 Å². The molecule has 2 saturated heterocycles. The fourth-order valence-electron chi connectivity index (χ4n) is 2.34. The van der Waals surface area contributed by atoms with Crippen molar-refractivity contribution in [3.05, 3.63) is 48.0 Å². The molecular formula is C14H16O4. The number of hydrogen-bond donors (Lipinski definition) is 0. The second kappa shape index (κ2) is 4.82. The molecule has 1 aromatic rings. The lowest BCUT2D eigenvalue weighted by Gasteiger charge is -2.31. The van der Waals surface area contributed by atoms with Gasteiger partial charge in [0.05, 0.1) is 6.61 Å². The Labute approximate surface area is 106 Å². The number of benzene rings is 1. The molecule has 1 aromatic carbocycles. The smallest absolute Gasteiger partial charge is 0.184 e. The molecule has 0 aliphatic carbocycles. The van der Waals surface area contributed by atoms with Crippen LogP contribution in [0.1, 0.15) is 11.9 Å². The van der Waals surface area contributed by atoms with E-state index in [0.29, 0.717) is 6.61 Å². The second-order valence-electron chi connectivity index (χ2n) is 4.45. The van der Waals surface area contributed by atoms with Gasteiger partial charge in [0.2, 0.25) is 0 Å². The predicted molar refractivity (Wildman–Crippen MR) is 64.8 cm³/mol. The molecule has 0 radical (unpaired) electrons. The summed E-state index contributed by atoms with van der Waals surface area (Å²) in [4.78, 5) is 0. The number of rotatable bonds is 2. The van der Waals surface area contributed by atoms with Gasteiger partial charge in [0.15, 0.2) is 12.6 Å². The van der Waals surface area contributed by atoms with Gasteiger partial charge in [-0.25, -0.2) is 0 Å². The minimum atomic E-state index is -0.391. The molecule has 4 heteroatoms. The average Bonchev–Trinajstić information content (AvgIpc) is 2.76. The van der Waals surface area contributed by atoms with Crippen LogP contribution in [0.3, 0.4) is 0 Å². The first-order chi connectivity index (χ1) is 8.79. The molecule has 0 aromatic heterocycles. The molecule has 18 heavy (non-hydrogen) atoms. The van der Waals surface area contributed by atoms with Crippen LogP contribution in [0.2, 0.25) is 0 Å². The summed E-state index contributed by atoms with van der Waals surface area (Å²) in [5.41, 5.74) is 1.83. The van der Waals surface area contributed by atoms with E-state index < -0.39 is 6.29 Å². The van der Waals surface area contributed by atoms with Crippen molar-refractivity contribution in [1.82, 2.24) is 0 Å². The third-order valence-corrected chi connectivity index (χ3v) is 3.27. The highest BCUT2D eigenvalue weighted by Gasteiger charge is 2.44. The van der Waals surface area contributed by atoms with Crippen molar-refractivity contribution in [3.63, 3.8) is 0 Å². The van der Waals surface area contributed by atoms with Crippen LogP contribution in [0.5, 0.6) is 0 Å². The van der Waals surface area contributed by atoms with Gasteiger partial charge in [-0.15, -0.1) is 0 Å². The van der Waals surface area contributed by atoms with Crippen LogP contribution in [0.15, 0.2) is 42.5 Å². The zero-order valence-corrected chi connectivity index (χ0v) is 10.2. The molecule has 2 heterocycles. The Morgan fingerprint density at radius 3 is 2.72 bits per heavy atom. The molecule has 4 nitrogen and oxygen atoms in total. The first-order valence-corrected chi connectivity index (χ1v) is 5.98. The summed E-state index contributed by atoms with van der Waals surface area (Å²) in [5.74, 6) is 0. The lowest BCUT2D eigenvalue weighted by molar-refractivity contribution is -0.247. The Bertz CT molecular complexity index is 431. The molecular weight excluding hydrogens is 232 g/mol. The molecule has 2 aliphatic rings. The van der Waals surface area contributed by atoms with Gasteiger partial charge in [0, 0.05) is 18.2 Å². The molecule has 96 valence electrons. The van der Waals surface area contributed by atoms with E-state index in [1.54, 1.807) is 7.11 Å². The van der Waals surface area contributed by atoms with Gasteiger partial charge in [-0.05, 0) is 0 Å². The lowest BCUT2D eigenvalue weighted by atomic mass is 10.1. The Morgan fingerprint density at radius 1 is 1.22 bits per heavy atom. The third kappa shape index (κ3) is 1.97. The van der Waals surface area contributed by atoms with Gasteiger partial charge in [-0.2, -0.15) is 0 Å². The van der Waals surface area contributed by atoms with E-state index in [4.69, 9.17) is 18.9 Å². The van der Waals surface area contributed by atoms with Crippen LogP contribution in [-0.2, 0) is 18.9 Å². The summed E-state index contributed by atoms with van der Waals surface area (Å²) in [6.07, 6.45) is -1.03. The van der Waals surface area contributed by atoms with Crippen LogP contribution in [0.4, 0.5) is 0 Å². The number of hydrogen-bond acceptors (Lipinski definition) is 4. The minimum Gasteiger partial charge on any atom is -0.352 e. The lowest BCUT2D eigenvalue weighted by Crippen LogP contribution is -2.37. The third-order valence-electron chi connectivity index (χ3n) is 3.27. The van der Waals surface area contributed by atoms with Gasteiger partial charge in [-0.3, -0.25) is 0 Å². The maximum atomic E-state index is 5.91. The SMILES string of the molecule is C=C1C2O[C@@H](c3ccccc3)OCC2O[C@@H]1OC. The maximum Gasteiger partial charge on any atom is 0.184 e. The van der Waals surface area contributed by atoms with Crippen LogP contribution >= 0.6 is 0 Å². The molecule has 0 amide bonds. The molecule has 0 saturated carbocycles. The van der Waals surface area contributed by atoms with Gasteiger partial charge in [0.25, 0.3) is 0 Å². The van der Waals surface area contributed by atoms with Crippen molar-refractivity contribution in [2.75, 3.05) is 13.7 Å². The Kier molecular flexibility index (Phi) is 3.18. The zero-order valence-electron chi connectivity index (χ0n) is 10.2. The zero-order chi connectivity index (χ0) is 12.5. The van der Waals surface area contributed by atoms with E-state index in [0.717, 1.165) is 11.1 Å². The fourth-order valence-corrected chi connectivity index (χ4v) is 2.34. The Balaban J connectivity index is 1.75. The highest BCUT2D eigenvalue weighted by atomic mass is 16.7. The summed E-state index contributed by atoms with van der Waals surface area (Å²) in [6, 6.07) is 9.86. The highest BCUT2D eigenvalue weighted by molar-refractivity contribution is 5.19. The standard InChI is InChI=1S/C14H16O4/c1-9-12-11(17-13(9)15-2)8-16-14(18-12)10-6-4-3-5-7-10/h3-7,11-14H,1,8H2,2H3/t11?,12?,13-,14-/m0/s1. The first kappa shape index (κ1) is 11.9. The number of fused-ring (bicyclic) bond motifs is 1. The number of ether oxygens (including phenoxy) is 4. The van der Waals surface area contributed by atoms with Crippen LogP contribution in [0.25, 0.3) is 0 Å². The van der Waals surface area contributed by atoms with Crippen molar-refractivity contribution in [3.8, 4) is 0 Å². The number of methoxy groups -OCH3 is 1. The van der Waals surface area contributed by atoms with Crippen LogP contribution in [0, 0.1) is 0 Å². The fraction of sp³-hybridized carbons (Fsp3) is 0.429. The summed E-state index contributed by atoms with van der Waals surface area (Å²) < 4.78 is 22.4. The monoisotopic (exact) mass is 248 g/mol. The van der Waals surface area contributed by atoms with E-state index >= 15 is 0 Å². The molecule has 2 unspecified atom stereocenters. The molecule has 3 rings (SSSR count). The molecule has 2 fully saturated rings. The second-order valence-corrected chi connectivity index (χ2v) is 4.45. The summed E-state index contributed by atoms with van der Waals surface area (Å²) >= 11 is 0. The van der Waals surface area contributed by atoms with Gasteiger partial charge in [0.1, 0.15) is 12.2 Å². The summed E-state index contributed by atoms with van der Waals surface area (Å²) in [5, 5.41) is 0. The van der Waals surface area contributed by atoms with Gasteiger partial charge in [-0.1, -0.05) is 36.9 Å². The maximum absolute atomic E-state index is 5.91. The quantitative estimate of drug-likeness (QED) is 0.750. The summed E-state index contributed by atoms with van der Waals surface area (Å²) in [7, 11) is 1.60. The van der Waals surface area contributed by atoms with Gasteiger partial charge >= 0.3 is 0 Å². The minimum absolute atomic E-state index is 0.123. The van der Waals surface area contributed by atoms with Crippen molar-refractivity contribution in [2.45, 2.75) is 24.8 Å². The molecule has 0 spiro atoms. The summed E-state index contributed by atoms with van der Waals surface area (Å²) in [6.45, 7) is 4.48. The van der Waals surface area contributed by atoms with Crippen molar-refractivity contribution < 1.29 is 18.9 Å². The van der Waals surface area contributed by atoms with Crippen LogP contribution < -0.4 is 0 Å². The molecule has 0 bridgehead atoms.